The van der Waals surface area contributed by atoms with Crippen molar-refractivity contribution in [1.29, 1.82) is 0 Å². The van der Waals surface area contributed by atoms with Crippen LogP contribution >= 0.6 is 11.6 Å². The average molecular weight is 348 g/mol. The molecule has 122 valence electrons. The number of carbonyl (C=O) groups excluding carboxylic acids is 1. The third kappa shape index (κ3) is 3.78. The third-order valence-electron chi connectivity index (χ3n) is 3.65. The quantitative estimate of drug-likeness (QED) is 0.826. The molecule has 22 heavy (non-hydrogen) atoms. The highest BCUT2D eigenvalue weighted by Gasteiger charge is 2.40. The van der Waals surface area contributed by atoms with Crippen LogP contribution in [0.3, 0.4) is 0 Å². The predicted molar refractivity (Wildman–Crippen MR) is 81.8 cm³/mol. The number of ether oxygens (including phenoxy) is 1. The Hall–Kier alpha value is -1.15. The lowest BCUT2D eigenvalue weighted by Crippen LogP contribution is -2.51. The number of hydrogen-bond donors (Lipinski definition) is 1. The molecule has 1 saturated heterocycles. The average Bonchev–Trinajstić information content (AvgIpc) is 2.48. The Morgan fingerprint density at radius 1 is 1.45 bits per heavy atom. The van der Waals surface area contributed by atoms with Crippen LogP contribution in [0.2, 0.25) is 5.02 Å². The van der Waals surface area contributed by atoms with Crippen LogP contribution in [0, 0.1) is 0 Å². The molecule has 0 spiro atoms. The fraction of sp³-hybridized carbons (Fsp3) is 0.500. The molecule has 1 aliphatic rings. The minimum atomic E-state index is -3.75. The van der Waals surface area contributed by atoms with Gasteiger partial charge in [-0.2, -0.15) is 4.31 Å². The number of esters is 1. The second-order valence-corrected chi connectivity index (χ2v) is 7.50. The fourth-order valence-electron chi connectivity index (χ4n) is 2.50. The number of nitrogens with zero attached hydrogens (tertiary/aromatic N) is 1. The van der Waals surface area contributed by atoms with E-state index in [9.17, 15) is 18.3 Å². The number of carbonyl (C=O) groups is 1. The molecule has 1 aromatic carbocycles. The monoisotopic (exact) mass is 347 g/mol. The highest BCUT2D eigenvalue weighted by atomic mass is 35.5. The van der Waals surface area contributed by atoms with Gasteiger partial charge in [-0.3, -0.25) is 4.79 Å². The van der Waals surface area contributed by atoms with E-state index in [0.29, 0.717) is 10.6 Å². The van der Waals surface area contributed by atoms with Gasteiger partial charge in [0.1, 0.15) is 6.04 Å². The van der Waals surface area contributed by atoms with Crippen molar-refractivity contribution >= 4 is 27.6 Å². The molecule has 0 amide bonds. The highest BCUT2D eigenvalue weighted by Crippen LogP contribution is 2.26. The molecule has 1 aliphatic heterocycles. The van der Waals surface area contributed by atoms with Gasteiger partial charge in [0.2, 0.25) is 10.0 Å². The molecule has 1 N–H and O–H groups in total. The number of rotatable bonds is 4. The van der Waals surface area contributed by atoms with Crippen molar-refractivity contribution in [3.8, 4) is 0 Å². The van der Waals surface area contributed by atoms with Crippen LogP contribution in [-0.2, 0) is 25.3 Å². The lowest BCUT2D eigenvalue weighted by Gasteiger charge is -2.35. The lowest BCUT2D eigenvalue weighted by atomic mass is 10.0. The van der Waals surface area contributed by atoms with Gasteiger partial charge in [0.05, 0.1) is 19.0 Å². The predicted octanol–water partition coefficient (Wildman–Crippen LogP) is 1.17. The zero-order valence-electron chi connectivity index (χ0n) is 12.1. The molecule has 0 radical (unpaired) electrons. The first-order valence-electron chi connectivity index (χ1n) is 6.84. The Bertz CT molecular complexity index is 648. The zero-order chi connectivity index (χ0) is 16.3. The summed E-state index contributed by atoms with van der Waals surface area (Å²) in [4.78, 5) is 11.8. The Labute approximate surface area is 134 Å². The van der Waals surface area contributed by atoms with Gasteiger partial charge in [-0.05, 0) is 18.1 Å². The van der Waals surface area contributed by atoms with E-state index < -0.39 is 28.1 Å². The van der Waals surface area contributed by atoms with E-state index in [1.807, 2.05) is 0 Å². The second kappa shape index (κ2) is 6.95. The number of aliphatic hydroxyl groups excluding tert-OH is 1. The zero-order valence-corrected chi connectivity index (χ0v) is 13.7. The van der Waals surface area contributed by atoms with Crippen LogP contribution in [0.25, 0.3) is 0 Å². The molecule has 1 fully saturated rings. The number of benzene rings is 1. The molecule has 6 nitrogen and oxygen atoms in total. The maximum absolute atomic E-state index is 12.6. The first kappa shape index (κ1) is 17.2. The van der Waals surface area contributed by atoms with Gasteiger partial charge in [-0.1, -0.05) is 29.8 Å². The molecule has 1 aromatic rings. The van der Waals surface area contributed by atoms with E-state index in [2.05, 4.69) is 4.74 Å². The maximum Gasteiger partial charge on any atom is 0.324 e. The van der Waals surface area contributed by atoms with Crippen molar-refractivity contribution in [2.24, 2.45) is 0 Å². The van der Waals surface area contributed by atoms with Crippen molar-refractivity contribution in [2.75, 3.05) is 13.7 Å². The van der Waals surface area contributed by atoms with Gasteiger partial charge >= 0.3 is 5.97 Å². The summed E-state index contributed by atoms with van der Waals surface area (Å²) in [6, 6.07) is 5.67. The van der Waals surface area contributed by atoms with Gasteiger partial charge in [-0.15, -0.1) is 0 Å². The first-order valence-corrected chi connectivity index (χ1v) is 8.82. The Kier molecular flexibility index (Phi) is 5.44. The molecule has 0 aromatic heterocycles. The van der Waals surface area contributed by atoms with E-state index in [0.717, 1.165) is 4.31 Å². The van der Waals surface area contributed by atoms with Gasteiger partial charge < -0.3 is 9.84 Å². The van der Waals surface area contributed by atoms with Crippen LogP contribution in [0.4, 0.5) is 0 Å². The van der Waals surface area contributed by atoms with Crippen molar-refractivity contribution in [3.05, 3.63) is 34.9 Å². The summed E-state index contributed by atoms with van der Waals surface area (Å²) < 4.78 is 31.0. The largest absolute Gasteiger partial charge is 0.468 e. The fourth-order valence-corrected chi connectivity index (χ4v) is 4.54. The van der Waals surface area contributed by atoms with Gasteiger partial charge in [0.25, 0.3) is 0 Å². The molecular formula is C14H18ClNO5S. The van der Waals surface area contributed by atoms with Gasteiger partial charge in [0.15, 0.2) is 0 Å². The minimum absolute atomic E-state index is 0.0361. The molecule has 0 bridgehead atoms. The molecule has 0 aliphatic carbocycles. The molecule has 2 atom stereocenters. The Balaban J connectivity index is 2.26. The molecule has 2 rings (SSSR count). The summed E-state index contributed by atoms with van der Waals surface area (Å²) in [6.45, 7) is 0.0771. The summed E-state index contributed by atoms with van der Waals surface area (Å²) in [5.74, 6) is -0.961. The van der Waals surface area contributed by atoms with Crippen LogP contribution in [0.5, 0.6) is 0 Å². The van der Waals surface area contributed by atoms with Crippen LogP contribution < -0.4 is 0 Å². The number of sulfonamides is 1. The van der Waals surface area contributed by atoms with Gasteiger partial charge in [-0.25, -0.2) is 8.42 Å². The lowest BCUT2D eigenvalue weighted by molar-refractivity contribution is -0.147. The third-order valence-corrected chi connectivity index (χ3v) is 5.85. The van der Waals surface area contributed by atoms with E-state index >= 15 is 0 Å². The molecule has 8 heteroatoms. The molecule has 0 saturated carbocycles. The van der Waals surface area contributed by atoms with E-state index in [-0.39, 0.29) is 25.1 Å². The summed E-state index contributed by atoms with van der Waals surface area (Å²) in [5.41, 5.74) is 0.471. The van der Waals surface area contributed by atoms with Crippen LogP contribution in [0.1, 0.15) is 18.4 Å². The highest BCUT2D eigenvalue weighted by molar-refractivity contribution is 7.88. The SMILES string of the molecule is COC(=O)[C@@H]1C[C@H](O)CCN1S(=O)(=O)Cc1ccccc1Cl. The van der Waals surface area contributed by atoms with Crippen molar-refractivity contribution in [2.45, 2.75) is 30.7 Å². The van der Waals surface area contributed by atoms with Gasteiger partial charge in [0, 0.05) is 18.0 Å². The van der Waals surface area contributed by atoms with Crippen LogP contribution in [-0.4, -0.2) is 49.6 Å². The number of halogens is 1. The molecule has 0 unspecified atom stereocenters. The Morgan fingerprint density at radius 3 is 2.77 bits per heavy atom. The standard InChI is InChI=1S/C14H18ClNO5S/c1-21-14(18)13-8-11(17)6-7-16(13)22(19,20)9-10-4-2-3-5-12(10)15/h2-5,11,13,17H,6-9H2,1H3/t11-,13+/m1/s1. The normalized spacial score (nSPS) is 23.2. The summed E-state index contributed by atoms with van der Waals surface area (Å²) >= 11 is 6.00. The van der Waals surface area contributed by atoms with E-state index in [1.165, 1.54) is 7.11 Å². The molecule has 1 heterocycles. The maximum atomic E-state index is 12.6. The first-order chi connectivity index (χ1) is 10.3. The number of hydrogen-bond acceptors (Lipinski definition) is 5. The topological polar surface area (TPSA) is 83.9 Å². The minimum Gasteiger partial charge on any atom is -0.468 e. The second-order valence-electron chi connectivity index (χ2n) is 5.18. The molecular weight excluding hydrogens is 330 g/mol. The number of aliphatic hydroxyl groups is 1. The van der Waals surface area contributed by atoms with Crippen molar-refractivity contribution in [3.63, 3.8) is 0 Å². The van der Waals surface area contributed by atoms with Crippen molar-refractivity contribution in [1.82, 2.24) is 4.31 Å². The van der Waals surface area contributed by atoms with E-state index in [1.54, 1.807) is 24.3 Å². The summed E-state index contributed by atoms with van der Waals surface area (Å²) in [7, 11) is -2.55. The van der Waals surface area contributed by atoms with Crippen molar-refractivity contribution < 1.29 is 23.1 Å². The Morgan fingerprint density at radius 2 is 2.14 bits per heavy atom. The number of piperidine rings is 1. The van der Waals surface area contributed by atoms with Crippen LogP contribution in [0.15, 0.2) is 24.3 Å². The summed E-state index contributed by atoms with van der Waals surface area (Å²) in [6.07, 6.45) is -0.389. The van der Waals surface area contributed by atoms with E-state index in [4.69, 9.17) is 11.6 Å². The number of methoxy groups -OCH3 is 1. The smallest absolute Gasteiger partial charge is 0.324 e. The summed E-state index contributed by atoms with van der Waals surface area (Å²) in [5, 5.41) is 10.0.